The molecule has 0 spiro atoms. The summed E-state index contributed by atoms with van der Waals surface area (Å²) in [5, 5.41) is 26.3. The van der Waals surface area contributed by atoms with Crippen LogP contribution >= 0.6 is 0 Å². The van der Waals surface area contributed by atoms with Crippen molar-refractivity contribution in [2.75, 3.05) is 19.7 Å². The van der Waals surface area contributed by atoms with Crippen molar-refractivity contribution in [2.24, 2.45) is 0 Å². The molecule has 7 heteroatoms. The minimum absolute atomic E-state index is 0.182. The maximum atomic E-state index is 12.6. The Bertz CT molecular complexity index is 693. The Kier molecular flexibility index (Phi) is 4.23. The molecule has 1 atom stereocenters. The number of rotatable bonds is 3. The minimum atomic E-state index is -1.09. The summed E-state index contributed by atoms with van der Waals surface area (Å²) in [4.78, 5) is 14.2. The Morgan fingerprint density at radius 1 is 1.43 bits per heavy atom. The van der Waals surface area contributed by atoms with Gasteiger partial charge in [0.15, 0.2) is 11.5 Å². The first-order valence-electron chi connectivity index (χ1n) is 7.75. The highest BCUT2D eigenvalue weighted by molar-refractivity contribution is 5.93. The number of aryl methyl sites for hydroxylation is 1. The predicted octanol–water partition coefficient (Wildman–Crippen LogP) is 1.33. The molecule has 0 aromatic carbocycles. The molecular weight excluding hydrogens is 298 g/mol. The van der Waals surface area contributed by atoms with Crippen molar-refractivity contribution in [3.8, 4) is 11.5 Å². The summed E-state index contributed by atoms with van der Waals surface area (Å²) in [5.41, 5.74) is -0.107. The first-order chi connectivity index (χ1) is 11.0. The molecule has 2 aromatic rings. The van der Waals surface area contributed by atoms with Crippen molar-refractivity contribution in [1.82, 2.24) is 15.1 Å². The van der Waals surface area contributed by atoms with E-state index in [-0.39, 0.29) is 12.5 Å². The third-order valence-electron chi connectivity index (χ3n) is 4.30. The van der Waals surface area contributed by atoms with Gasteiger partial charge in [0, 0.05) is 19.2 Å². The fraction of sp³-hybridized carbons (Fsp3) is 0.500. The third-order valence-corrected chi connectivity index (χ3v) is 4.30. The molecule has 0 radical (unpaired) electrons. The molecule has 1 amide bonds. The Morgan fingerprint density at radius 2 is 2.26 bits per heavy atom. The van der Waals surface area contributed by atoms with Crippen LogP contribution in [0, 0.1) is 6.92 Å². The van der Waals surface area contributed by atoms with E-state index < -0.39 is 5.60 Å². The number of aliphatic hydroxyl groups is 2. The average molecular weight is 319 g/mol. The normalized spacial score (nSPS) is 22.1. The van der Waals surface area contributed by atoms with Gasteiger partial charge in [-0.3, -0.25) is 9.89 Å². The Morgan fingerprint density at radius 3 is 2.96 bits per heavy atom. The maximum Gasteiger partial charge on any atom is 0.274 e. The van der Waals surface area contributed by atoms with Crippen molar-refractivity contribution in [1.29, 1.82) is 0 Å². The Hall–Kier alpha value is -2.12. The van der Waals surface area contributed by atoms with Crippen LogP contribution in [0.5, 0.6) is 0 Å². The van der Waals surface area contributed by atoms with Gasteiger partial charge in [0.2, 0.25) is 0 Å². The topological polar surface area (TPSA) is 103 Å². The first-order valence-corrected chi connectivity index (χ1v) is 7.75. The van der Waals surface area contributed by atoms with E-state index in [1.165, 1.54) is 0 Å². The lowest BCUT2D eigenvalue weighted by Crippen LogP contribution is -2.36. The molecule has 23 heavy (non-hydrogen) atoms. The van der Waals surface area contributed by atoms with Gasteiger partial charge in [-0.25, -0.2) is 0 Å². The highest BCUT2D eigenvalue weighted by Gasteiger charge is 2.31. The molecular formula is C16H21N3O4. The van der Waals surface area contributed by atoms with Crippen LogP contribution < -0.4 is 0 Å². The number of nitrogens with one attached hydrogen (secondary N) is 1. The smallest absolute Gasteiger partial charge is 0.274 e. The molecule has 1 aliphatic heterocycles. The monoisotopic (exact) mass is 319 g/mol. The van der Waals surface area contributed by atoms with E-state index in [0.29, 0.717) is 49.5 Å². The molecule has 0 aliphatic carbocycles. The van der Waals surface area contributed by atoms with Gasteiger partial charge in [-0.1, -0.05) is 0 Å². The van der Waals surface area contributed by atoms with Crippen LogP contribution in [0.4, 0.5) is 0 Å². The number of nitrogens with zero attached hydrogens (tertiary/aromatic N) is 2. The largest absolute Gasteiger partial charge is 0.460 e. The highest BCUT2D eigenvalue weighted by atomic mass is 16.3. The van der Waals surface area contributed by atoms with E-state index in [2.05, 4.69) is 10.2 Å². The predicted molar refractivity (Wildman–Crippen MR) is 82.8 cm³/mol. The van der Waals surface area contributed by atoms with Crippen molar-refractivity contribution in [2.45, 2.75) is 31.8 Å². The lowest BCUT2D eigenvalue weighted by Gasteiger charge is -2.24. The summed E-state index contributed by atoms with van der Waals surface area (Å²) in [6.07, 6.45) is 1.51. The summed E-state index contributed by atoms with van der Waals surface area (Å²) < 4.78 is 5.51. The van der Waals surface area contributed by atoms with Crippen molar-refractivity contribution in [3.05, 3.63) is 29.7 Å². The van der Waals surface area contributed by atoms with Gasteiger partial charge in [-0.15, -0.1) is 0 Å². The van der Waals surface area contributed by atoms with Gasteiger partial charge in [-0.05, 0) is 38.3 Å². The van der Waals surface area contributed by atoms with Crippen molar-refractivity contribution in [3.63, 3.8) is 0 Å². The molecule has 124 valence electrons. The molecule has 3 rings (SSSR count). The molecule has 1 saturated heterocycles. The van der Waals surface area contributed by atoms with Gasteiger partial charge >= 0.3 is 0 Å². The van der Waals surface area contributed by atoms with Crippen molar-refractivity contribution >= 4 is 5.91 Å². The van der Waals surface area contributed by atoms with Gasteiger partial charge in [0.1, 0.15) is 11.5 Å². The molecule has 3 N–H and O–H groups in total. The number of aromatic amines is 1. The van der Waals surface area contributed by atoms with Crippen LogP contribution in [-0.2, 0) is 0 Å². The Labute approximate surface area is 133 Å². The number of aliphatic hydroxyl groups excluding tert-OH is 1. The molecule has 0 bridgehead atoms. The number of H-pyrrole nitrogens is 1. The summed E-state index contributed by atoms with van der Waals surface area (Å²) in [6.45, 7) is 2.52. The van der Waals surface area contributed by atoms with E-state index in [4.69, 9.17) is 4.42 Å². The third kappa shape index (κ3) is 3.30. The second kappa shape index (κ2) is 6.17. The van der Waals surface area contributed by atoms with Gasteiger partial charge in [-0.2, -0.15) is 5.10 Å². The van der Waals surface area contributed by atoms with Crippen LogP contribution in [0.2, 0.25) is 0 Å². The summed E-state index contributed by atoms with van der Waals surface area (Å²) in [7, 11) is 0. The fourth-order valence-electron chi connectivity index (χ4n) is 2.84. The average Bonchev–Trinajstić information content (AvgIpc) is 3.14. The second-order valence-electron chi connectivity index (χ2n) is 6.11. The molecule has 1 aliphatic rings. The van der Waals surface area contributed by atoms with Gasteiger partial charge in [0.05, 0.1) is 12.2 Å². The Balaban J connectivity index is 1.72. The quantitative estimate of drug-likeness (QED) is 0.792. The van der Waals surface area contributed by atoms with Crippen LogP contribution in [-0.4, -0.2) is 56.5 Å². The van der Waals surface area contributed by atoms with Crippen LogP contribution in [0.3, 0.4) is 0 Å². The van der Waals surface area contributed by atoms with E-state index in [9.17, 15) is 15.0 Å². The van der Waals surface area contributed by atoms with Crippen molar-refractivity contribution < 1.29 is 19.4 Å². The molecule has 7 nitrogen and oxygen atoms in total. The second-order valence-corrected chi connectivity index (χ2v) is 6.11. The molecule has 0 saturated carbocycles. The highest BCUT2D eigenvalue weighted by Crippen LogP contribution is 2.24. The zero-order valence-electron chi connectivity index (χ0n) is 13.1. The number of hydrogen-bond donors (Lipinski definition) is 3. The summed E-state index contributed by atoms with van der Waals surface area (Å²) in [5.74, 6) is 1.25. The van der Waals surface area contributed by atoms with Crippen LogP contribution in [0.1, 0.15) is 35.5 Å². The van der Waals surface area contributed by atoms with E-state index in [1.807, 2.05) is 19.1 Å². The number of aromatic nitrogens is 2. The number of likely N-dealkylation sites (tertiary alicyclic amines) is 1. The number of carbonyl (C=O) groups is 1. The molecule has 3 heterocycles. The lowest BCUT2D eigenvalue weighted by molar-refractivity contribution is -0.0250. The lowest BCUT2D eigenvalue weighted by atomic mass is 9.96. The molecule has 2 aromatic heterocycles. The van der Waals surface area contributed by atoms with E-state index >= 15 is 0 Å². The van der Waals surface area contributed by atoms with Gasteiger partial charge in [0.25, 0.3) is 5.91 Å². The fourth-order valence-corrected chi connectivity index (χ4v) is 2.84. The van der Waals surface area contributed by atoms with Crippen LogP contribution in [0.15, 0.2) is 22.6 Å². The zero-order valence-corrected chi connectivity index (χ0v) is 13.1. The zero-order chi connectivity index (χ0) is 16.4. The summed E-state index contributed by atoms with van der Waals surface area (Å²) >= 11 is 0. The molecule has 1 fully saturated rings. The van der Waals surface area contributed by atoms with Crippen LogP contribution in [0.25, 0.3) is 11.5 Å². The van der Waals surface area contributed by atoms with E-state index in [0.717, 1.165) is 5.76 Å². The number of amides is 1. The number of hydrogen-bond acceptors (Lipinski definition) is 5. The number of carbonyl (C=O) groups excluding carboxylic acids is 1. The minimum Gasteiger partial charge on any atom is -0.460 e. The standard InChI is InChI=1S/C16H21N3O4/c1-11-3-4-14(23-11)12-9-13(18-17-12)15(21)19-7-2-5-16(22,10-20)6-8-19/h3-4,9,20,22H,2,5-8,10H2,1H3,(H,17,18)/t16-/m1/s1. The first kappa shape index (κ1) is 15.8. The van der Waals surface area contributed by atoms with E-state index in [1.54, 1.807) is 11.0 Å². The SMILES string of the molecule is Cc1ccc(-c2cc(C(=O)N3CCC[C@](O)(CO)CC3)n[nH]2)o1. The number of furan rings is 1. The maximum absolute atomic E-state index is 12.6. The molecule has 0 unspecified atom stereocenters. The summed E-state index contributed by atoms with van der Waals surface area (Å²) in [6, 6.07) is 5.34. The van der Waals surface area contributed by atoms with Gasteiger partial charge < -0.3 is 19.5 Å².